The van der Waals surface area contributed by atoms with Gasteiger partial charge in [-0.05, 0) is 36.2 Å². The second-order valence-electron chi connectivity index (χ2n) is 4.67. The van der Waals surface area contributed by atoms with Crippen LogP contribution in [0.2, 0.25) is 0 Å². The molecule has 4 nitrogen and oxygen atoms in total. The molecule has 0 atom stereocenters. The van der Waals surface area contributed by atoms with Gasteiger partial charge in [-0.1, -0.05) is 18.2 Å². The maximum atomic E-state index is 13.1. The molecule has 0 radical (unpaired) electrons. The van der Waals surface area contributed by atoms with Crippen molar-refractivity contribution in [1.82, 2.24) is 10.3 Å². The van der Waals surface area contributed by atoms with Gasteiger partial charge in [0.2, 0.25) is 0 Å². The van der Waals surface area contributed by atoms with E-state index in [0.29, 0.717) is 18.8 Å². The van der Waals surface area contributed by atoms with Gasteiger partial charge in [0.1, 0.15) is 11.5 Å². The smallest absolute Gasteiger partial charge is 0.356 e. The SMILES string of the molecule is COC(=O)c1ccc(CNCc2cccc(F)c2)c(C)n1. The van der Waals surface area contributed by atoms with Gasteiger partial charge in [-0.3, -0.25) is 0 Å². The number of carbonyl (C=O) groups excluding carboxylic acids is 1. The number of rotatable bonds is 5. The topological polar surface area (TPSA) is 51.2 Å². The van der Waals surface area contributed by atoms with E-state index in [0.717, 1.165) is 16.8 Å². The van der Waals surface area contributed by atoms with Crippen LogP contribution in [0.1, 0.15) is 27.3 Å². The molecule has 0 spiro atoms. The van der Waals surface area contributed by atoms with Crippen LogP contribution >= 0.6 is 0 Å². The first-order valence-electron chi connectivity index (χ1n) is 6.60. The lowest BCUT2D eigenvalue weighted by Crippen LogP contribution is -2.15. The maximum absolute atomic E-state index is 13.1. The van der Waals surface area contributed by atoms with E-state index in [1.54, 1.807) is 12.1 Å². The number of aromatic nitrogens is 1. The Bertz CT molecular complexity index is 644. The van der Waals surface area contributed by atoms with E-state index in [1.807, 2.05) is 19.1 Å². The van der Waals surface area contributed by atoms with E-state index in [4.69, 9.17) is 0 Å². The Morgan fingerprint density at radius 2 is 2.10 bits per heavy atom. The average molecular weight is 288 g/mol. The van der Waals surface area contributed by atoms with Crippen molar-refractivity contribution in [1.29, 1.82) is 0 Å². The van der Waals surface area contributed by atoms with Crippen molar-refractivity contribution in [3.8, 4) is 0 Å². The van der Waals surface area contributed by atoms with Gasteiger partial charge in [0.25, 0.3) is 0 Å². The summed E-state index contributed by atoms with van der Waals surface area (Å²) >= 11 is 0. The number of ether oxygens (including phenoxy) is 1. The molecule has 2 rings (SSSR count). The highest BCUT2D eigenvalue weighted by molar-refractivity contribution is 5.87. The van der Waals surface area contributed by atoms with Crippen LogP contribution in [0.3, 0.4) is 0 Å². The Labute approximate surface area is 123 Å². The molecule has 1 N–H and O–H groups in total. The van der Waals surface area contributed by atoms with Crippen LogP contribution in [0.5, 0.6) is 0 Å². The van der Waals surface area contributed by atoms with Crippen LogP contribution in [0.25, 0.3) is 0 Å². The van der Waals surface area contributed by atoms with Gasteiger partial charge in [-0.2, -0.15) is 0 Å². The minimum absolute atomic E-state index is 0.241. The van der Waals surface area contributed by atoms with Gasteiger partial charge in [-0.15, -0.1) is 0 Å². The normalized spacial score (nSPS) is 10.4. The monoisotopic (exact) mass is 288 g/mol. The molecule has 0 aliphatic rings. The number of methoxy groups -OCH3 is 1. The fourth-order valence-corrected chi connectivity index (χ4v) is 1.98. The first kappa shape index (κ1) is 15.1. The van der Waals surface area contributed by atoms with Gasteiger partial charge < -0.3 is 10.1 Å². The number of halogens is 1. The van der Waals surface area contributed by atoms with Gasteiger partial charge in [0.15, 0.2) is 0 Å². The van der Waals surface area contributed by atoms with Crippen LogP contribution < -0.4 is 5.32 Å². The average Bonchev–Trinajstić information content (AvgIpc) is 2.48. The molecular weight excluding hydrogens is 271 g/mol. The van der Waals surface area contributed by atoms with Gasteiger partial charge in [-0.25, -0.2) is 14.2 Å². The molecule has 5 heteroatoms. The highest BCUT2D eigenvalue weighted by Gasteiger charge is 2.09. The van der Waals surface area contributed by atoms with Gasteiger partial charge in [0.05, 0.1) is 7.11 Å². The summed E-state index contributed by atoms with van der Waals surface area (Å²) in [6, 6.07) is 9.94. The van der Waals surface area contributed by atoms with Crippen molar-refractivity contribution in [2.24, 2.45) is 0 Å². The number of nitrogens with zero attached hydrogens (tertiary/aromatic N) is 1. The molecule has 21 heavy (non-hydrogen) atoms. The van der Waals surface area contributed by atoms with E-state index in [-0.39, 0.29) is 5.82 Å². The molecule has 1 heterocycles. The predicted molar refractivity (Wildman–Crippen MR) is 77.3 cm³/mol. The molecule has 0 amide bonds. The molecule has 1 aromatic carbocycles. The second kappa shape index (κ2) is 6.95. The molecule has 0 aliphatic heterocycles. The number of carbonyl (C=O) groups is 1. The van der Waals surface area contributed by atoms with Crippen molar-refractivity contribution >= 4 is 5.97 Å². The van der Waals surface area contributed by atoms with Crippen molar-refractivity contribution in [3.05, 3.63) is 64.7 Å². The summed E-state index contributed by atoms with van der Waals surface area (Å²) in [5.74, 6) is -0.688. The lowest BCUT2D eigenvalue weighted by molar-refractivity contribution is 0.0593. The van der Waals surface area contributed by atoms with Crippen LogP contribution in [0, 0.1) is 12.7 Å². The Morgan fingerprint density at radius 1 is 1.29 bits per heavy atom. The second-order valence-corrected chi connectivity index (χ2v) is 4.67. The Kier molecular flexibility index (Phi) is 5.00. The number of aryl methyl sites for hydroxylation is 1. The summed E-state index contributed by atoms with van der Waals surface area (Å²) in [5, 5.41) is 3.23. The van der Waals surface area contributed by atoms with Gasteiger partial charge in [0, 0.05) is 18.8 Å². The highest BCUT2D eigenvalue weighted by Crippen LogP contribution is 2.09. The minimum atomic E-state index is -0.447. The Balaban J connectivity index is 1.96. The first-order valence-corrected chi connectivity index (χ1v) is 6.60. The minimum Gasteiger partial charge on any atom is -0.464 e. The third-order valence-corrected chi connectivity index (χ3v) is 3.12. The zero-order chi connectivity index (χ0) is 15.2. The number of pyridine rings is 1. The summed E-state index contributed by atoms with van der Waals surface area (Å²) in [6.07, 6.45) is 0. The zero-order valence-electron chi connectivity index (χ0n) is 12.0. The van der Waals surface area contributed by atoms with Crippen molar-refractivity contribution in [3.63, 3.8) is 0 Å². The third-order valence-electron chi connectivity index (χ3n) is 3.12. The van der Waals surface area contributed by atoms with E-state index in [1.165, 1.54) is 19.2 Å². The molecular formula is C16H17FN2O2. The lowest BCUT2D eigenvalue weighted by Gasteiger charge is -2.09. The number of nitrogens with one attached hydrogen (secondary N) is 1. The van der Waals surface area contributed by atoms with Crippen LogP contribution in [0.15, 0.2) is 36.4 Å². The van der Waals surface area contributed by atoms with E-state index >= 15 is 0 Å². The first-order chi connectivity index (χ1) is 10.1. The van der Waals surface area contributed by atoms with Gasteiger partial charge >= 0.3 is 5.97 Å². The van der Waals surface area contributed by atoms with Crippen molar-refractivity contribution in [2.45, 2.75) is 20.0 Å². The Hall–Kier alpha value is -2.27. The zero-order valence-corrected chi connectivity index (χ0v) is 12.0. The lowest BCUT2D eigenvalue weighted by atomic mass is 10.1. The summed E-state index contributed by atoms with van der Waals surface area (Å²) in [4.78, 5) is 15.6. The van der Waals surface area contributed by atoms with E-state index < -0.39 is 5.97 Å². The maximum Gasteiger partial charge on any atom is 0.356 e. The highest BCUT2D eigenvalue weighted by atomic mass is 19.1. The molecule has 110 valence electrons. The predicted octanol–water partition coefficient (Wildman–Crippen LogP) is 2.61. The molecule has 0 saturated heterocycles. The quantitative estimate of drug-likeness (QED) is 0.859. The van der Waals surface area contributed by atoms with E-state index in [2.05, 4.69) is 15.0 Å². The third kappa shape index (κ3) is 4.10. The molecule has 2 aromatic rings. The molecule has 0 bridgehead atoms. The summed E-state index contributed by atoms with van der Waals surface area (Å²) in [6.45, 7) is 3.00. The summed E-state index contributed by atoms with van der Waals surface area (Å²) in [5.41, 5.74) is 2.93. The molecule has 0 fully saturated rings. The summed E-state index contributed by atoms with van der Waals surface area (Å²) in [7, 11) is 1.33. The number of hydrogen-bond acceptors (Lipinski definition) is 4. The van der Waals surface area contributed by atoms with Crippen LogP contribution in [0.4, 0.5) is 4.39 Å². The molecule has 0 unspecified atom stereocenters. The summed E-state index contributed by atoms with van der Waals surface area (Å²) < 4.78 is 17.7. The molecule has 1 aromatic heterocycles. The fourth-order valence-electron chi connectivity index (χ4n) is 1.98. The van der Waals surface area contributed by atoms with Crippen molar-refractivity contribution in [2.75, 3.05) is 7.11 Å². The number of benzene rings is 1. The Morgan fingerprint density at radius 3 is 2.76 bits per heavy atom. The molecule has 0 saturated carbocycles. The largest absolute Gasteiger partial charge is 0.464 e. The standard InChI is InChI=1S/C16H17FN2O2/c1-11-13(6-7-15(19-11)16(20)21-2)10-18-9-12-4-3-5-14(17)8-12/h3-8,18H,9-10H2,1-2H3. The molecule has 0 aliphatic carbocycles. The fraction of sp³-hybridized carbons (Fsp3) is 0.250. The van der Waals surface area contributed by atoms with E-state index in [9.17, 15) is 9.18 Å². The van der Waals surface area contributed by atoms with Crippen LogP contribution in [-0.2, 0) is 17.8 Å². The van der Waals surface area contributed by atoms with Crippen LogP contribution in [-0.4, -0.2) is 18.1 Å². The number of esters is 1. The van der Waals surface area contributed by atoms with Crippen molar-refractivity contribution < 1.29 is 13.9 Å². The number of hydrogen-bond donors (Lipinski definition) is 1.